The number of rotatable bonds is 2. The standard InChI is InChI=1S/C13H9NO2S/c1-16-10-6-8(7-15)14-12-9-4-2-3-5-11(9)17-13(10)12/h2-7H,1H3. The van der Waals surface area contributed by atoms with Gasteiger partial charge in [0.1, 0.15) is 11.4 Å². The number of aldehydes is 1. The van der Waals surface area contributed by atoms with Crippen LogP contribution in [0.3, 0.4) is 0 Å². The van der Waals surface area contributed by atoms with Gasteiger partial charge in [-0.25, -0.2) is 4.98 Å². The monoisotopic (exact) mass is 243 g/mol. The second-order valence-corrected chi connectivity index (χ2v) is 4.70. The first-order valence-corrected chi connectivity index (χ1v) is 5.96. The third kappa shape index (κ3) is 1.49. The molecule has 1 aromatic carbocycles. The number of nitrogens with zero attached hydrogens (tertiary/aromatic N) is 1. The van der Waals surface area contributed by atoms with Crippen LogP contribution in [0.5, 0.6) is 5.75 Å². The van der Waals surface area contributed by atoms with Gasteiger partial charge in [-0.05, 0) is 6.07 Å². The highest BCUT2D eigenvalue weighted by molar-refractivity contribution is 7.26. The number of hydrogen-bond acceptors (Lipinski definition) is 4. The lowest BCUT2D eigenvalue weighted by Gasteiger charge is -2.01. The summed E-state index contributed by atoms with van der Waals surface area (Å²) in [4.78, 5) is 15.2. The molecule has 0 saturated heterocycles. The average Bonchev–Trinajstić information content (AvgIpc) is 2.76. The summed E-state index contributed by atoms with van der Waals surface area (Å²) in [5.41, 5.74) is 1.24. The number of ether oxygens (including phenoxy) is 1. The van der Waals surface area contributed by atoms with Gasteiger partial charge in [-0.3, -0.25) is 4.79 Å². The Morgan fingerprint density at radius 3 is 2.94 bits per heavy atom. The normalized spacial score (nSPS) is 10.9. The highest BCUT2D eigenvalue weighted by Crippen LogP contribution is 2.38. The van der Waals surface area contributed by atoms with E-state index in [4.69, 9.17) is 4.74 Å². The zero-order valence-electron chi connectivity index (χ0n) is 9.14. The second-order valence-electron chi connectivity index (χ2n) is 3.64. The molecule has 0 atom stereocenters. The van der Waals surface area contributed by atoms with Crippen LogP contribution in [-0.4, -0.2) is 18.4 Å². The molecule has 0 aliphatic carbocycles. The lowest BCUT2D eigenvalue weighted by atomic mass is 10.2. The van der Waals surface area contributed by atoms with E-state index in [1.54, 1.807) is 24.5 Å². The van der Waals surface area contributed by atoms with Crippen LogP contribution in [0.15, 0.2) is 30.3 Å². The topological polar surface area (TPSA) is 39.2 Å². The highest BCUT2D eigenvalue weighted by Gasteiger charge is 2.12. The number of benzene rings is 1. The fourth-order valence-corrected chi connectivity index (χ4v) is 3.02. The van der Waals surface area contributed by atoms with Crippen molar-refractivity contribution in [3.63, 3.8) is 0 Å². The molecule has 17 heavy (non-hydrogen) atoms. The van der Waals surface area contributed by atoms with Crippen LogP contribution in [0.4, 0.5) is 0 Å². The number of methoxy groups -OCH3 is 1. The Kier molecular flexibility index (Phi) is 2.30. The number of thiophene rings is 1. The molecular weight excluding hydrogens is 234 g/mol. The van der Waals surface area contributed by atoms with Gasteiger partial charge in [0.15, 0.2) is 6.29 Å². The van der Waals surface area contributed by atoms with Gasteiger partial charge >= 0.3 is 0 Å². The van der Waals surface area contributed by atoms with E-state index in [1.807, 2.05) is 24.3 Å². The van der Waals surface area contributed by atoms with Crippen molar-refractivity contribution in [3.05, 3.63) is 36.0 Å². The molecule has 0 spiro atoms. The molecule has 4 heteroatoms. The van der Waals surface area contributed by atoms with Gasteiger partial charge in [-0.2, -0.15) is 0 Å². The average molecular weight is 243 g/mol. The summed E-state index contributed by atoms with van der Waals surface area (Å²) in [5.74, 6) is 0.707. The molecule has 0 aliphatic rings. The summed E-state index contributed by atoms with van der Waals surface area (Å²) < 4.78 is 7.45. The van der Waals surface area contributed by atoms with Gasteiger partial charge in [0.25, 0.3) is 0 Å². The van der Waals surface area contributed by atoms with Crippen molar-refractivity contribution in [2.75, 3.05) is 7.11 Å². The number of pyridine rings is 1. The Morgan fingerprint density at radius 2 is 2.18 bits per heavy atom. The Bertz CT molecular complexity index is 718. The molecule has 3 nitrogen and oxygen atoms in total. The van der Waals surface area contributed by atoms with E-state index < -0.39 is 0 Å². The molecule has 0 N–H and O–H groups in total. The van der Waals surface area contributed by atoms with Crippen molar-refractivity contribution in [1.82, 2.24) is 4.98 Å². The number of carbonyl (C=O) groups excluding carboxylic acids is 1. The molecule has 3 rings (SSSR count). The van der Waals surface area contributed by atoms with Crippen molar-refractivity contribution in [1.29, 1.82) is 0 Å². The number of aromatic nitrogens is 1. The molecule has 0 aliphatic heterocycles. The quantitative estimate of drug-likeness (QED) is 0.648. The minimum Gasteiger partial charge on any atom is -0.495 e. The van der Waals surface area contributed by atoms with Crippen molar-refractivity contribution < 1.29 is 9.53 Å². The Labute approximate surface area is 102 Å². The highest BCUT2D eigenvalue weighted by atomic mass is 32.1. The van der Waals surface area contributed by atoms with Crippen LogP contribution < -0.4 is 4.74 Å². The number of fused-ring (bicyclic) bond motifs is 3. The van der Waals surface area contributed by atoms with E-state index in [0.29, 0.717) is 11.4 Å². The molecular formula is C13H9NO2S. The largest absolute Gasteiger partial charge is 0.495 e. The van der Waals surface area contributed by atoms with E-state index >= 15 is 0 Å². The van der Waals surface area contributed by atoms with Gasteiger partial charge < -0.3 is 4.74 Å². The van der Waals surface area contributed by atoms with Crippen molar-refractivity contribution in [3.8, 4) is 5.75 Å². The van der Waals surface area contributed by atoms with Crippen molar-refractivity contribution >= 4 is 37.9 Å². The Balaban J connectivity index is 2.51. The van der Waals surface area contributed by atoms with E-state index in [1.165, 1.54) is 0 Å². The van der Waals surface area contributed by atoms with Crippen LogP contribution >= 0.6 is 11.3 Å². The fraction of sp³-hybridized carbons (Fsp3) is 0.0769. The molecule has 0 radical (unpaired) electrons. The number of carbonyl (C=O) groups is 1. The predicted molar refractivity (Wildman–Crippen MR) is 69.1 cm³/mol. The molecule has 0 fully saturated rings. The van der Waals surface area contributed by atoms with Crippen LogP contribution in [0.1, 0.15) is 10.5 Å². The van der Waals surface area contributed by atoms with Crippen LogP contribution in [-0.2, 0) is 0 Å². The SMILES string of the molecule is COc1cc(C=O)nc2c1sc1ccccc12. The molecule has 2 aromatic heterocycles. The summed E-state index contributed by atoms with van der Waals surface area (Å²) in [6, 6.07) is 9.68. The lowest BCUT2D eigenvalue weighted by molar-refractivity contribution is 0.111. The maximum Gasteiger partial charge on any atom is 0.168 e. The molecule has 2 heterocycles. The summed E-state index contributed by atoms with van der Waals surface area (Å²) >= 11 is 1.63. The first-order chi connectivity index (χ1) is 8.33. The van der Waals surface area contributed by atoms with Crippen LogP contribution in [0.2, 0.25) is 0 Å². The molecule has 0 amide bonds. The summed E-state index contributed by atoms with van der Waals surface area (Å²) in [6.07, 6.45) is 0.744. The smallest absolute Gasteiger partial charge is 0.168 e. The Hall–Kier alpha value is -1.94. The fourth-order valence-electron chi connectivity index (χ4n) is 1.88. The van der Waals surface area contributed by atoms with E-state index in [9.17, 15) is 4.79 Å². The maximum atomic E-state index is 10.9. The Morgan fingerprint density at radius 1 is 1.35 bits per heavy atom. The van der Waals surface area contributed by atoms with Crippen molar-refractivity contribution in [2.24, 2.45) is 0 Å². The van der Waals surface area contributed by atoms with Gasteiger partial charge in [-0.1, -0.05) is 18.2 Å². The molecule has 3 aromatic rings. The third-order valence-electron chi connectivity index (χ3n) is 2.65. The van der Waals surface area contributed by atoms with Gasteiger partial charge in [0.05, 0.1) is 17.3 Å². The van der Waals surface area contributed by atoms with Gasteiger partial charge in [-0.15, -0.1) is 11.3 Å². The molecule has 0 saturated carbocycles. The zero-order chi connectivity index (χ0) is 11.8. The molecule has 0 bridgehead atoms. The minimum absolute atomic E-state index is 0.401. The molecule has 84 valence electrons. The van der Waals surface area contributed by atoms with E-state index in [2.05, 4.69) is 4.98 Å². The summed E-state index contributed by atoms with van der Waals surface area (Å²) in [6.45, 7) is 0. The minimum atomic E-state index is 0.401. The van der Waals surface area contributed by atoms with Gasteiger partial charge in [0, 0.05) is 16.2 Å². The van der Waals surface area contributed by atoms with Crippen LogP contribution in [0, 0.1) is 0 Å². The first-order valence-electron chi connectivity index (χ1n) is 5.15. The summed E-state index contributed by atoms with van der Waals surface area (Å²) in [7, 11) is 1.60. The lowest BCUT2D eigenvalue weighted by Crippen LogP contribution is -1.90. The predicted octanol–water partition coefficient (Wildman–Crippen LogP) is 3.27. The summed E-state index contributed by atoms with van der Waals surface area (Å²) in [5, 5.41) is 1.06. The molecule has 0 unspecified atom stereocenters. The maximum absolute atomic E-state index is 10.9. The van der Waals surface area contributed by atoms with E-state index in [0.717, 1.165) is 26.6 Å². The van der Waals surface area contributed by atoms with Gasteiger partial charge in [0.2, 0.25) is 0 Å². The second kappa shape index (κ2) is 3.82. The van der Waals surface area contributed by atoms with Crippen molar-refractivity contribution in [2.45, 2.75) is 0 Å². The number of hydrogen-bond donors (Lipinski definition) is 0. The zero-order valence-corrected chi connectivity index (χ0v) is 9.95. The van der Waals surface area contributed by atoms with Crippen LogP contribution in [0.25, 0.3) is 20.3 Å². The third-order valence-corrected chi connectivity index (χ3v) is 3.83. The van der Waals surface area contributed by atoms with E-state index in [-0.39, 0.29) is 0 Å². The first kappa shape index (κ1) is 10.2.